The van der Waals surface area contributed by atoms with Gasteiger partial charge in [-0.15, -0.1) is 0 Å². The van der Waals surface area contributed by atoms with E-state index in [2.05, 4.69) is 4.74 Å². The number of alkyl halides is 7. The highest BCUT2D eigenvalue weighted by molar-refractivity contribution is 5.50. The average molecular weight is 291 g/mol. The normalized spacial score (nSPS) is 13.5. The van der Waals surface area contributed by atoms with Gasteiger partial charge in [0.05, 0.1) is 12.7 Å². The number of hydrogen-bond donors (Lipinski definition) is 1. The molecular formula is C10H8F7NO. The van der Waals surface area contributed by atoms with Crippen LogP contribution in [0.5, 0.6) is 5.75 Å². The van der Waals surface area contributed by atoms with Crippen LogP contribution in [0.25, 0.3) is 0 Å². The Morgan fingerprint density at radius 2 is 1.53 bits per heavy atom. The zero-order valence-electron chi connectivity index (χ0n) is 9.36. The lowest BCUT2D eigenvalue weighted by Crippen LogP contribution is -2.50. The molecule has 0 radical (unpaired) electrons. The number of methoxy groups -OCH3 is 1. The van der Waals surface area contributed by atoms with Gasteiger partial charge in [0.1, 0.15) is 5.75 Å². The molecule has 0 amide bonds. The summed E-state index contributed by atoms with van der Waals surface area (Å²) in [7, 11) is 0.847. The van der Waals surface area contributed by atoms with Crippen molar-refractivity contribution in [1.82, 2.24) is 0 Å². The summed E-state index contributed by atoms with van der Waals surface area (Å²) in [6.07, 6.45) is -6.40. The number of nitrogens with two attached hydrogens (primary N) is 1. The zero-order chi connectivity index (χ0) is 15.1. The van der Waals surface area contributed by atoms with Gasteiger partial charge in [-0.25, -0.2) is 0 Å². The highest BCUT2D eigenvalue weighted by Crippen LogP contribution is 2.53. The predicted molar refractivity (Wildman–Crippen MR) is 52.3 cm³/mol. The fraction of sp³-hybridized carbons (Fsp3) is 0.400. The Kier molecular flexibility index (Phi) is 3.61. The molecule has 0 unspecified atom stereocenters. The zero-order valence-corrected chi connectivity index (χ0v) is 9.36. The largest absolute Gasteiger partial charge is 0.496 e. The summed E-state index contributed by atoms with van der Waals surface area (Å²) in [6, 6.07) is 1.88. The van der Waals surface area contributed by atoms with E-state index in [0.717, 1.165) is 19.2 Å². The summed E-state index contributed by atoms with van der Waals surface area (Å²) in [4.78, 5) is 0. The molecule has 0 aliphatic carbocycles. The van der Waals surface area contributed by atoms with Crippen molar-refractivity contribution in [3.8, 4) is 5.75 Å². The van der Waals surface area contributed by atoms with Crippen LogP contribution in [0, 0.1) is 0 Å². The molecule has 2 N–H and O–H groups in total. The fourth-order valence-corrected chi connectivity index (χ4v) is 1.31. The Morgan fingerprint density at radius 3 is 1.95 bits per heavy atom. The van der Waals surface area contributed by atoms with Gasteiger partial charge in [0, 0.05) is 11.8 Å². The Labute approximate surface area is 103 Å². The molecule has 1 rings (SSSR count). The molecule has 0 saturated carbocycles. The molecule has 0 aliphatic rings. The third-order valence-electron chi connectivity index (χ3n) is 2.31. The van der Waals surface area contributed by atoms with E-state index in [1.54, 1.807) is 0 Å². The summed E-state index contributed by atoms with van der Waals surface area (Å²) in [5.74, 6) is -12.6. The molecule has 19 heavy (non-hydrogen) atoms. The van der Waals surface area contributed by atoms with E-state index < -0.39 is 29.3 Å². The van der Waals surface area contributed by atoms with Gasteiger partial charge in [0.2, 0.25) is 0 Å². The molecule has 1 aromatic carbocycles. The minimum Gasteiger partial charge on any atom is -0.496 e. The molecule has 0 spiro atoms. The minimum absolute atomic E-state index is 0.119. The molecule has 9 heteroatoms. The lowest BCUT2D eigenvalue weighted by atomic mass is 10.0. The summed E-state index contributed by atoms with van der Waals surface area (Å²) in [5.41, 5.74) is 3.50. The summed E-state index contributed by atoms with van der Waals surface area (Å²) in [6.45, 7) is 0. The summed E-state index contributed by atoms with van der Waals surface area (Å²) in [5, 5.41) is 0. The van der Waals surface area contributed by atoms with Crippen LogP contribution < -0.4 is 10.5 Å². The molecule has 0 aromatic heterocycles. The van der Waals surface area contributed by atoms with Gasteiger partial charge in [0.25, 0.3) is 0 Å². The molecular weight excluding hydrogens is 283 g/mol. The molecule has 0 aliphatic heterocycles. The fourth-order valence-electron chi connectivity index (χ4n) is 1.31. The Morgan fingerprint density at radius 1 is 1.00 bits per heavy atom. The lowest BCUT2D eigenvalue weighted by molar-refractivity contribution is -0.359. The second-order valence-electron chi connectivity index (χ2n) is 3.61. The first-order valence-electron chi connectivity index (χ1n) is 4.71. The molecule has 2 nitrogen and oxygen atoms in total. The van der Waals surface area contributed by atoms with E-state index in [9.17, 15) is 30.7 Å². The van der Waals surface area contributed by atoms with Crippen LogP contribution in [0.1, 0.15) is 5.56 Å². The third kappa shape index (κ3) is 2.41. The van der Waals surface area contributed by atoms with Gasteiger partial charge in [-0.3, -0.25) is 0 Å². The van der Waals surface area contributed by atoms with Crippen molar-refractivity contribution in [3.63, 3.8) is 0 Å². The first kappa shape index (κ1) is 15.4. The SMILES string of the molecule is COc1cc(N)ccc1C(F)(F)C(F)(F)C(F)(F)F. The van der Waals surface area contributed by atoms with Gasteiger partial charge in [-0.2, -0.15) is 30.7 Å². The topological polar surface area (TPSA) is 35.2 Å². The van der Waals surface area contributed by atoms with Gasteiger partial charge in [-0.05, 0) is 12.1 Å². The summed E-state index contributed by atoms with van der Waals surface area (Å²) < 4.78 is 93.0. The van der Waals surface area contributed by atoms with Crippen molar-refractivity contribution >= 4 is 5.69 Å². The van der Waals surface area contributed by atoms with Crippen LogP contribution in [0.3, 0.4) is 0 Å². The number of anilines is 1. The maximum absolute atomic E-state index is 13.4. The number of benzene rings is 1. The van der Waals surface area contributed by atoms with E-state index in [1.165, 1.54) is 0 Å². The summed E-state index contributed by atoms with van der Waals surface area (Å²) >= 11 is 0. The first-order valence-corrected chi connectivity index (χ1v) is 4.71. The van der Waals surface area contributed by atoms with Crippen LogP contribution in [-0.2, 0) is 5.92 Å². The Bertz CT molecular complexity index is 469. The van der Waals surface area contributed by atoms with Crippen molar-refractivity contribution < 1.29 is 35.5 Å². The highest BCUT2D eigenvalue weighted by atomic mass is 19.4. The number of hydrogen-bond acceptors (Lipinski definition) is 2. The highest BCUT2D eigenvalue weighted by Gasteiger charge is 2.74. The van der Waals surface area contributed by atoms with Gasteiger partial charge < -0.3 is 10.5 Å². The third-order valence-corrected chi connectivity index (χ3v) is 2.31. The molecule has 0 atom stereocenters. The van der Waals surface area contributed by atoms with E-state index in [-0.39, 0.29) is 5.69 Å². The van der Waals surface area contributed by atoms with Gasteiger partial charge >= 0.3 is 18.0 Å². The molecule has 0 bridgehead atoms. The van der Waals surface area contributed by atoms with E-state index >= 15 is 0 Å². The number of rotatable bonds is 3. The predicted octanol–water partition coefficient (Wildman–Crippen LogP) is 3.57. The molecule has 0 fully saturated rings. The van der Waals surface area contributed by atoms with Crippen LogP contribution in [0.4, 0.5) is 36.4 Å². The van der Waals surface area contributed by atoms with Crippen molar-refractivity contribution in [1.29, 1.82) is 0 Å². The number of nitrogen functional groups attached to an aromatic ring is 1. The molecule has 108 valence electrons. The van der Waals surface area contributed by atoms with Gasteiger partial charge in [-0.1, -0.05) is 0 Å². The maximum atomic E-state index is 13.4. The van der Waals surface area contributed by atoms with E-state index in [4.69, 9.17) is 5.73 Å². The van der Waals surface area contributed by atoms with Crippen LogP contribution in [0.15, 0.2) is 18.2 Å². The number of ether oxygens (including phenoxy) is 1. The molecule has 0 heterocycles. The molecule has 0 saturated heterocycles. The van der Waals surface area contributed by atoms with Crippen LogP contribution in [-0.4, -0.2) is 19.2 Å². The molecule has 1 aromatic rings. The van der Waals surface area contributed by atoms with Crippen molar-refractivity contribution in [2.24, 2.45) is 0 Å². The minimum atomic E-state index is -6.40. The van der Waals surface area contributed by atoms with Crippen molar-refractivity contribution in [3.05, 3.63) is 23.8 Å². The van der Waals surface area contributed by atoms with E-state index in [1.807, 2.05) is 0 Å². The quantitative estimate of drug-likeness (QED) is 0.682. The van der Waals surface area contributed by atoms with Gasteiger partial charge in [0.15, 0.2) is 0 Å². The second-order valence-corrected chi connectivity index (χ2v) is 3.61. The van der Waals surface area contributed by atoms with Crippen molar-refractivity contribution in [2.75, 3.05) is 12.8 Å². The number of halogens is 7. The Balaban J connectivity index is 3.43. The second kappa shape index (κ2) is 4.46. The van der Waals surface area contributed by atoms with E-state index in [0.29, 0.717) is 6.07 Å². The van der Waals surface area contributed by atoms with Crippen molar-refractivity contribution in [2.45, 2.75) is 18.0 Å². The monoisotopic (exact) mass is 291 g/mol. The Hall–Kier alpha value is -1.67. The standard InChI is InChI=1S/C10H8F7NO/c1-19-7-4-5(18)2-3-6(7)8(11,12)9(13,14)10(15,16)17/h2-4H,18H2,1H3. The smallest absolute Gasteiger partial charge is 0.460 e. The van der Waals surface area contributed by atoms with Crippen LogP contribution >= 0.6 is 0 Å². The van der Waals surface area contributed by atoms with Crippen LogP contribution in [0.2, 0.25) is 0 Å². The first-order chi connectivity index (χ1) is 8.45. The average Bonchev–Trinajstić information content (AvgIpc) is 2.26. The lowest BCUT2D eigenvalue weighted by Gasteiger charge is -2.29. The maximum Gasteiger partial charge on any atom is 0.460 e.